The first-order valence-electron chi connectivity index (χ1n) is 4.85. The Morgan fingerprint density at radius 1 is 1.33 bits per heavy atom. The minimum absolute atomic E-state index is 0.0201. The Hall–Kier alpha value is -1.76. The minimum Gasteiger partial charge on any atom is -0.476 e. The van der Waals surface area contributed by atoms with E-state index in [-0.39, 0.29) is 15.9 Å². The first-order valence-corrected chi connectivity index (χ1v) is 5.64. The van der Waals surface area contributed by atoms with E-state index in [4.69, 9.17) is 5.11 Å². The first kappa shape index (κ1) is 12.7. The van der Waals surface area contributed by atoms with E-state index in [0.29, 0.717) is 11.8 Å². The standard InChI is InChI=1S/C11H7BrF2N2O2/c1-5-2-9(11(17)18)15-16(5)10-3-6(12)7(13)4-8(10)14/h2-4H,1H3,(H,17,18). The van der Waals surface area contributed by atoms with Crippen LogP contribution in [-0.2, 0) is 0 Å². The van der Waals surface area contributed by atoms with Crippen LogP contribution in [0.3, 0.4) is 0 Å². The first-order chi connectivity index (χ1) is 8.40. The Labute approximate surface area is 109 Å². The van der Waals surface area contributed by atoms with Gasteiger partial charge in [0.05, 0.1) is 4.47 Å². The normalized spacial score (nSPS) is 10.7. The molecule has 2 rings (SSSR count). The smallest absolute Gasteiger partial charge is 0.356 e. The van der Waals surface area contributed by atoms with Gasteiger partial charge in [-0.3, -0.25) is 0 Å². The molecule has 0 amide bonds. The topological polar surface area (TPSA) is 55.1 Å². The number of halogens is 3. The largest absolute Gasteiger partial charge is 0.476 e. The van der Waals surface area contributed by atoms with Crippen LogP contribution in [0.25, 0.3) is 5.69 Å². The SMILES string of the molecule is Cc1cc(C(=O)O)nn1-c1cc(Br)c(F)cc1F. The molecule has 0 fully saturated rings. The quantitative estimate of drug-likeness (QED) is 0.867. The van der Waals surface area contributed by atoms with Crippen molar-refractivity contribution in [2.75, 3.05) is 0 Å². The van der Waals surface area contributed by atoms with Crippen molar-refractivity contribution in [3.8, 4) is 5.69 Å². The van der Waals surface area contributed by atoms with Gasteiger partial charge in [0.25, 0.3) is 0 Å². The molecule has 0 atom stereocenters. The van der Waals surface area contributed by atoms with E-state index < -0.39 is 17.6 Å². The number of nitrogens with zero attached hydrogens (tertiary/aromatic N) is 2. The second kappa shape index (κ2) is 4.49. The maximum Gasteiger partial charge on any atom is 0.356 e. The number of carboxylic acid groups (broad SMARTS) is 1. The number of carbonyl (C=O) groups is 1. The third-order valence-electron chi connectivity index (χ3n) is 2.32. The molecule has 1 aromatic carbocycles. The zero-order valence-electron chi connectivity index (χ0n) is 9.12. The second-order valence-corrected chi connectivity index (χ2v) is 4.46. The van der Waals surface area contributed by atoms with E-state index in [1.54, 1.807) is 6.92 Å². The summed E-state index contributed by atoms with van der Waals surface area (Å²) in [5, 5.41) is 12.5. The minimum atomic E-state index is -1.21. The van der Waals surface area contributed by atoms with Crippen molar-refractivity contribution in [2.24, 2.45) is 0 Å². The van der Waals surface area contributed by atoms with E-state index in [1.807, 2.05) is 0 Å². The van der Waals surface area contributed by atoms with Crippen LogP contribution in [0.5, 0.6) is 0 Å². The van der Waals surface area contributed by atoms with Gasteiger partial charge in [-0.2, -0.15) is 5.10 Å². The van der Waals surface area contributed by atoms with Crippen molar-refractivity contribution in [1.82, 2.24) is 9.78 Å². The monoisotopic (exact) mass is 316 g/mol. The molecular weight excluding hydrogens is 310 g/mol. The molecular formula is C11H7BrF2N2O2. The lowest BCUT2D eigenvalue weighted by atomic mass is 10.3. The van der Waals surface area contributed by atoms with E-state index in [2.05, 4.69) is 21.0 Å². The number of aryl methyl sites for hydroxylation is 1. The lowest BCUT2D eigenvalue weighted by molar-refractivity contribution is 0.0690. The number of aromatic carboxylic acids is 1. The fraction of sp³-hybridized carbons (Fsp3) is 0.0909. The fourth-order valence-electron chi connectivity index (χ4n) is 1.50. The summed E-state index contributed by atoms with van der Waals surface area (Å²) in [7, 11) is 0. The molecule has 0 spiro atoms. The third kappa shape index (κ3) is 2.13. The molecule has 0 unspecified atom stereocenters. The molecule has 94 valence electrons. The van der Waals surface area contributed by atoms with E-state index in [9.17, 15) is 13.6 Å². The van der Waals surface area contributed by atoms with Crippen molar-refractivity contribution < 1.29 is 18.7 Å². The molecule has 0 aliphatic rings. The van der Waals surface area contributed by atoms with Gasteiger partial charge in [0.15, 0.2) is 11.5 Å². The third-order valence-corrected chi connectivity index (χ3v) is 2.93. The predicted octanol–water partition coefficient (Wildman–Crippen LogP) is 2.92. The highest BCUT2D eigenvalue weighted by molar-refractivity contribution is 9.10. The van der Waals surface area contributed by atoms with Crippen LogP contribution in [0.2, 0.25) is 0 Å². The highest BCUT2D eigenvalue weighted by Crippen LogP contribution is 2.23. The zero-order valence-corrected chi connectivity index (χ0v) is 10.7. The summed E-state index contributed by atoms with van der Waals surface area (Å²) in [4.78, 5) is 10.8. The second-order valence-electron chi connectivity index (χ2n) is 3.61. The number of hydrogen-bond donors (Lipinski definition) is 1. The molecule has 7 heteroatoms. The summed E-state index contributed by atoms with van der Waals surface area (Å²) in [6, 6.07) is 3.22. The molecule has 1 N–H and O–H groups in total. The van der Waals surface area contributed by atoms with Crippen LogP contribution in [-0.4, -0.2) is 20.9 Å². The van der Waals surface area contributed by atoms with Crippen molar-refractivity contribution in [3.05, 3.63) is 45.7 Å². The number of benzene rings is 1. The predicted molar refractivity (Wildman–Crippen MR) is 62.9 cm³/mol. The maximum absolute atomic E-state index is 13.6. The molecule has 0 bridgehead atoms. The summed E-state index contributed by atoms with van der Waals surface area (Å²) in [5.41, 5.74) is 0.213. The summed E-state index contributed by atoms with van der Waals surface area (Å²) in [6.45, 7) is 1.58. The van der Waals surface area contributed by atoms with Crippen LogP contribution < -0.4 is 0 Å². The van der Waals surface area contributed by atoms with Gasteiger partial charge in [-0.25, -0.2) is 18.3 Å². The van der Waals surface area contributed by atoms with Gasteiger partial charge >= 0.3 is 5.97 Å². The highest BCUT2D eigenvalue weighted by atomic mass is 79.9. The Morgan fingerprint density at radius 2 is 2.00 bits per heavy atom. The number of carboxylic acids is 1. The maximum atomic E-state index is 13.6. The molecule has 2 aromatic rings. The van der Waals surface area contributed by atoms with E-state index >= 15 is 0 Å². The summed E-state index contributed by atoms with van der Waals surface area (Å²) in [6.07, 6.45) is 0. The van der Waals surface area contributed by atoms with Crippen LogP contribution >= 0.6 is 15.9 Å². The Bertz CT molecular complexity index is 640. The highest BCUT2D eigenvalue weighted by Gasteiger charge is 2.16. The number of hydrogen-bond acceptors (Lipinski definition) is 2. The van der Waals surface area contributed by atoms with Crippen molar-refractivity contribution in [2.45, 2.75) is 6.92 Å². The van der Waals surface area contributed by atoms with Crippen LogP contribution in [0.1, 0.15) is 16.2 Å². The van der Waals surface area contributed by atoms with Crippen molar-refractivity contribution >= 4 is 21.9 Å². The summed E-state index contributed by atoms with van der Waals surface area (Å²) >= 11 is 2.94. The average molecular weight is 317 g/mol. The van der Waals surface area contributed by atoms with Gasteiger partial charge in [0, 0.05) is 11.8 Å². The molecule has 0 saturated carbocycles. The molecule has 0 radical (unpaired) electrons. The lowest BCUT2D eigenvalue weighted by Gasteiger charge is -2.06. The molecule has 18 heavy (non-hydrogen) atoms. The Balaban J connectivity index is 2.62. The van der Waals surface area contributed by atoms with E-state index in [1.165, 1.54) is 12.1 Å². The van der Waals surface area contributed by atoms with E-state index in [0.717, 1.165) is 4.68 Å². The molecule has 0 aliphatic heterocycles. The van der Waals surface area contributed by atoms with Crippen LogP contribution in [0.4, 0.5) is 8.78 Å². The van der Waals surface area contributed by atoms with Crippen molar-refractivity contribution in [3.63, 3.8) is 0 Å². The average Bonchev–Trinajstić information content (AvgIpc) is 2.66. The van der Waals surface area contributed by atoms with Crippen molar-refractivity contribution in [1.29, 1.82) is 0 Å². The Morgan fingerprint density at radius 3 is 2.56 bits per heavy atom. The van der Waals surface area contributed by atoms with Gasteiger partial charge in [0.2, 0.25) is 0 Å². The zero-order chi connectivity index (χ0) is 13.4. The van der Waals surface area contributed by atoms with Gasteiger partial charge in [-0.05, 0) is 35.0 Å². The van der Waals surface area contributed by atoms with Crippen LogP contribution in [0, 0.1) is 18.6 Å². The molecule has 1 heterocycles. The molecule has 0 aliphatic carbocycles. The molecule has 0 saturated heterocycles. The van der Waals surface area contributed by atoms with Gasteiger partial charge in [0.1, 0.15) is 11.5 Å². The molecule has 1 aromatic heterocycles. The Kier molecular flexibility index (Phi) is 3.16. The lowest BCUT2D eigenvalue weighted by Crippen LogP contribution is -2.05. The van der Waals surface area contributed by atoms with Gasteiger partial charge < -0.3 is 5.11 Å². The fourth-order valence-corrected chi connectivity index (χ4v) is 1.83. The number of aromatic nitrogens is 2. The molecule has 4 nitrogen and oxygen atoms in total. The van der Waals surface area contributed by atoms with Gasteiger partial charge in [-0.15, -0.1) is 0 Å². The summed E-state index contributed by atoms with van der Waals surface area (Å²) < 4.78 is 27.9. The number of rotatable bonds is 2. The van der Waals surface area contributed by atoms with Gasteiger partial charge in [-0.1, -0.05) is 0 Å². The summed E-state index contributed by atoms with van der Waals surface area (Å²) in [5.74, 6) is -2.77. The van der Waals surface area contributed by atoms with Crippen LogP contribution in [0.15, 0.2) is 22.7 Å².